The van der Waals surface area contributed by atoms with Crippen molar-refractivity contribution in [3.05, 3.63) is 0 Å². The highest BCUT2D eigenvalue weighted by Gasteiger charge is 2.36. The molecule has 2 heterocycles. The Hall–Kier alpha value is -1.84. The number of ether oxygens (including phenoxy) is 1. The fraction of sp³-hybridized carbons (Fsp3) is 0.714. The van der Waals surface area contributed by atoms with Gasteiger partial charge in [-0.2, -0.15) is 0 Å². The van der Waals surface area contributed by atoms with Gasteiger partial charge in [0.15, 0.2) is 0 Å². The van der Waals surface area contributed by atoms with Crippen LogP contribution in [0.3, 0.4) is 0 Å². The molecule has 0 aromatic heterocycles. The minimum Gasteiger partial charge on any atom is -0.380 e. The summed E-state index contributed by atoms with van der Waals surface area (Å²) in [5.74, 6) is -1.42. The van der Waals surface area contributed by atoms with E-state index < -0.39 is 0 Å². The van der Waals surface area contributed by atoms with E-state index in [-0.39, 0.29) is 61.9 Å². The lowest BCUT2D eigenvalue weighted by Crippen LogP contribution is -2.63. The molecule has 0 aromatic carbocycles. The lowest BCUT2D eigenvalue weighted by atomic mass is 10.0. The fourth-order valence-corrected chi connectivity index (χ4v) is 2.87. The summed E-state index contributed by atoms with van der Waals surface area (Å²) >= 11 is 0. The lowest BCUT2D eigenvalue weighted by Gasteiger charge is -2.41. The van der Waals surface area contributed by atoms with Crippen LogP contribution in [0.1, 0.15) is 13.8 Å². The van der Waals surface area contributed by atoms with Gasteiger partial charge in [-0.05, 0) is 13.8 Å². The number of nitrogens with zero attached hydrogens (tertiary/aromatic N) is 2. The van der Waals surface area contributed by atoms with Crippen LogP contribution in [-0.2, 0) is 23.9 Å². The molecule has 0 bridgehead atoms. The molecule has 0 radical (unpaired) electrons. The van der Waals surface area contributed by atoms with Crippen molar-refractivity contribution in [3.63, 3.8) is 0 Å². The van der Waals surface area contributed by atoms with Crippen LogP contribution in [0.5, 0.6) is 0 Å². The van der Waals surface area contributed by atoms with E-state index in [1.807, 2.05) is 13.8 Å². The summed E-state index contributed by atoms with van der Waals surface area (Å²) in [4.78, 5) is 49.8. The molecule has 2 aliphatic heterocycles. The molecule has 2 rings (SSSR count). The molecule has 2 saturated heterocycles. The maximum Gasteiger partial charge on any atom is 0.240 e. The van der Waals surface area contributed by atoms with Crippen molar-refractivity contribution in [1.29, 1.82) is 0 Å². The van der Waals surface area contributed by atoms with Gasteiger partial charge in [0, 0.05) is 18.7 Å². The average molecular weight is 326 g/mol. The van der Waals surface area contributed by atoms with Crippen LogP contribution in [0, 0.1) is 0 Å². The number of hydrogen-bond donors (Lipinski definition) is 2. The van der Waals surface area contributed by atoms with Crippen LogP contribution in [0.4, 0.5) is 0 Å². The highest BCUT2D eigenvalue weighted by atomic mass is 16.5. The van der Waals surface area contributed by atoms with Crippen molar-refractivity contribution in [1.82, 2.24) is 20.4 Å². The maximum absolute atomic E-state index is 11.6. The number of imide groups is 2. The van der Waals surface area contributed by atoms with E-state index >= 15 is 0 Å². The summed E-state index contributed by atoms with van der Waals surface area (Å²) < 4.78 is 5.49. The normalized spacial score (nSPS) is 23.4. The number of rotatable bonds is 6. The predicted octanol–water partition coefficient (Wildman–Crippen LogP) is -2.30. The third-order valence-electron chi connectivity index (χ3n) is 4.04. The molecule has 2 unspecified atom stereocenters. The Kier molecular flexibility index (Phi) is 5.80. The second-order valence-electron chi connectivity index (χ2n) is 5.72. The number of carbonyl (C=O) groups is 4. The van der Waals surface area contributed by atoms with Gasteiger partial charge in [0.1, 0.15) is 0 Å². The summed E-state index contributed by atoms with van der Waals surface area (Å²) in [5, 5.41) is 4.52. The third kappa shape index (κ3) is 4.57. The molecule has 0 aromatic rings. The molecule has 0 aliphatic carbocycles. The van der Waals surface area contributed by atoms with Crippen molar-refractivity contribution in [2.75, 3.05) is 39.4 Å². The average Bonchev–Trinajstić information content (AvgIpc) is 2.45. The Morgan fingerprint density at radius 2 is 1.35 bits per heavy atom. The summed E-state index contributed by atoms with van der Waals surface area (Å²) in [6, 6.07) is -0.501. The molecule has 9 heteroatoms. The van der Waals surface area contributed by atoms with E-state index in [1.165, 1.54) is 0 Å². The second-order valence-corrected chi connectivity index (χ2v) is 5.72. The molecular formula is C14H22N4O5. The monoisotopic (exact) mass is 326 g/mol. The maximum atomic E-state index is 11.6. The first-order chi connectivity index (χ1) is 10.9. The minimum absolute atomic E-state index is 0.0851. The van der Waals surface area contributed by atoms with E-state index in [0.717, 1.165) is 0 Å². The Morgan fingerprint density at radius 1 is 0.913 bits per heavy atom. The molecular weight excluding hydrogens is 304 g/mol. The van der Waals surface area contributed by atoms with Gasteiger partial charge in [0.05, 0.1) is 32.8 Å². The summed E-state index contributed by atoms with van der Waals surface area (Å²) in [6.07, 6.45) is 0. The molecule has 0 spiro atoms. The first-order valence-corrected chi connectivity index (χ1v) is 7.62. The van der Waals surface area contributed by atoms with Gasteiger partial charge in [-0.3, -0.25) is 39.6 Å². The molecule has 9 nitrogen and oxygen atoms in total. The first kappa shape index (κ1) is 17.5. The van der Waals surface area contributed by atoms with Crippen LogP contribution >= 0.6 is 0 Å². The van der Waals surface area contributed by atoms with Crippen molar-refractivity contribution in [2.24, 2.45) is 0 Å². The van der Waals surface area contributed by atoms with E-state index in [1.54, 1.807) is 9.80 Å². The number of piperazine rings is 2. The smallest absolute Gasteiger partial charge is 0.240 e. The second kappa shape index (κ2) is 7.62. The largest absolute Gasteiger partial charge is 0.380 e. The molecule has 2 atom stereocenters. The molecule has 23 heavy (non-hydrogen) atoms. The van der Waals surface area contributed by atoms with Gasteiger partial charge in [0.25, 0.3) is 0 Å². The van der Waals surface area contributed by atoms with Gasteiger partial charge < -0.3 is 4.74 Å². The number of amides is 4. The van der Waals surface area contributed by atoms with Gasteiger partial charge in [-0.1, -0.05) is 0 Å². The summed E-state index contributed by atoms with van der Waals surface area (Å²) in [7, 11) is 0. The van der Waals surface area contributed by atoms with Crippen LogP contribution in [0.25, 0.3) is 0 Å². The zero-order chi connectivity index (χ0) is 17.0. The molecule has 4 amide bonds. The minimum atomic E-state index is -0.359. The predicted molar refractivity (Wildman–Crippen MR) is 79.2 cm³/mol. The van der Waals surface area contributed by atoms with Crippen LogP contribution in [-0.4, -0.2) is 84.9 Å². The quantitative estimate of drug-likeness (QED) is 0.528. The molecule has 2 N–H and O–H groups in total. The first-order valence-electron chi connectivity index (χ1n) is 7.62. The van der Waals surface area contributed by atoms with E-state index in [9.17, 15) is 19.2 Å². The number of carbonyl (C=O) groups excluding carboxylic acids is 4. The Balaban J connectivity index is 2.12. The van der Waals surface area contributed by atoms with Crippen LogP contribution in [0.2, 0.25) is 0 Å². The highest BCUT2D eigenvalue weighted by Crippen LogP contribution is 2.15. The highest BCUT2D eigenvalue weighted by molar-refractivity contribution is 6.00. The van der Waals surface area contributed by atoms with Crippen molar-refractivity contribution >= 4 is 23.6 Å². The molecule has 2 aliphatic rings. The van der Waals surface area contributed by atoms with Crippen molar-refractivity contribution in [3.8, 4) is 0 Å². The standard InChI is InChI=1S/C14H22N4O5/c1-3-23-8-10(18-6-13(21)16-14(22)7-18)9(2)17-4-11(19)15-12(20)5-17/h9-10H,3-8H2,1-2H3,(H,15,19,20)(H,16,21,22). The summed E-state index contributed by atoms with van der Waals surface area (Å²) in [5.41, 5.74) is 0. The lowest BCUT2D eigenvalue weighted by molar-refractivity contribution is -0.142. The zero-order valence-electron chi connectivity index (χ0n) is 13.3. The summed E-state index contributed by atoms with van der Waals surface area (Å²) in [6.45, 7) is 4.90. The fourth-order valence-electron chi connectivity index (χ4n) is 2.87. The van der Waals surface area contributed by atoms with E-state index in [0.29, 0.717) is 13.2 Å². The van der Waals surface area contributed by atoms with Gasteiger partial charge >= 0.3 is 0 Å². The zero-order valence-corrected chi connectivity index (χ0v) is 13.3. The molecule has 0 saturated carbocycles. The Bertz CT molecular complexity index is 477. The Morgan fingerprint density at radius 3 is 1.78 bits per heavy atom. The van der Waals surface area contributed by atoms with Crippen molar-refractivity contribution in [2.45, 2.75) is 25.9 Å². The van der Waals surface area contributed by atoms with Crippen LogP contribution in [0.15, 0.2) is 0 Å². The third-order valence-corrected chi connectivity index (χ3v) is 4.04. The van der Waals surface area contributed by atoms with E-state index in [4.69, 9.17) is 4.74 Å². The van der Waals surface area contributed by atoms with E-state index in [2.05, 4.69) is 10.6 Å². The van der Waals surface area contributed by atoms with Gasteiger partial charge in [-0.15, -0.1) is 0 Å². The molecule has 2 fully saturated rings. The number of hydrogen-bond acceptors (Lipinski definition) is 7. The number of nitrogens with one attached hydrogen (secondary N) is 2. The SMILES string of the molecule is CCOCC(C(C)N1CC(=O)NC(=O)C1)N1CC(=O)NC(=O)C1. The topological polar surface area (TPSA) is 108 Å². The van der Waals surface area contributed by atoms with Crippen molar-refractivity contribution < 1.29 is 23.9 Å². The molecule has 128 valence electrons. The Labute approximate surface area is 134 Å². The van der Waals surface area contributed by atoms with Gasteiger partial charge in [0.2, 0.25) is 23.6 Å². The van der Waals surface area contributed by atoms with Crippen LogP contribution < -0.4 is 10.6 Å². The van der Waals surface area contributed by atoms with Gasteiger partial charge in [-0.25, -0.2) is 0 Å².